The highest BCUT2D eigenvalue weighted by molar-refractivity contribution is 6.10. The molecule has 3 rings (SSSR count). The van der Waals surface area contributed by atoms with Crippen molar-refractivity contribution in [3.8, 4) is 0 Å². The number of carbonyl (C=O) groups excluding carboxylic acids is 1. The SMILES string of the molecule is CC(C(=O)c1cccc2ccccc12)N1CCNCC1. The van der Waals surface area contributed by atoms with E-state index in [1.54, 1.807) is 0 Å². The number of hydrogen-bond donors (Lipinski definition) is 1. The number of rotatable bonds is 3. The molecule has 0 spiro atoms. The van der Waals surface area contributed by atoms with Crippen LogP contribution in [0, 0.1) is 0 Å². The van der Waals surface area contributed by atoms with Crippen molar-refractivity contribution in [2.75, 3.05) is 26.2 Å². The Kier molecular flexibility index (Phi) is 3.81. The third kappa shape index (κ3) is 2.47. The Bertz CT molecular complexity index is 612. The van der Waals surface area contributed by atoms with Crippen LogP contribution in [0.3, 0.4) is 0 Å². The Hall–Kier alpha value is -1.71. The molecule has 0 saturated carbocycles. The van der Waals surface area contributed by atoms with E-state index in [9.17, 15) is 4.79 Å². The summed E-state index contributed by atoms with van der Waals surface area (Å²) in [5, 5.41) is 5.51. The maximum Gasteiger partial charge on any atom is 0.180 e. The van der Waals surface area contributed by atoms with Gasteiger partial charge in [-0.2, -0.15) is 0 Å². The van der Waals surface area contributed by atoms with Crippen LogP contribution in [0.5, 0.6) is 0 Å². The van der Waals surface area contributed by atoms with Gasteiger partial charge in [-0.1, -0.05) is 42.5 Å². The molecule has 2 aromatic rings. The lowest BCUT2D eigenvalue weighted by Crippen LogP contribution is -2.50. The van der Waals surface area contributed by atoms with Crippen molar-refractivity contribution < 1.29 is 4.79 Å². The predicted octanol–water partition coefficient (Wildman–Crippen LogP) is 2.32. The van der Waals surface area contributed by atoms with Crippen molar-refractivity contribution >= 4 is 16.6 Å². The van der Waals surface area contributed by atoms with Crippen LogP contribution < -0.4 is 5.32 Å². The van der Waals surface area contributed by atoms with Crippen LogP contribution in [0.25, 0.3) is 10.8 Å². The maximum absolute atomic E-state index is 12.8. The third-order valence-corrected chi connectivity index (χ3v) is 4.13. The molecule has 1 heterocycles. The van der Waals surface area contributed by atoms with Crippen LogP contribution in [0.15, 0.2) is 42.5 Å². The van der Waals surface area contributed by atoms with Crippen LogP contribution in [0.1, 0.15) is 17.3 Å². The van der Waals surface area contributed by atoms with Gasteiger partial charge in [0.05, 0.1) is 6.04 Å². The second kappa shape index (κ2) is 5.73. The number of piperazine rings is 1. The van der Waals surface area contributed by atoms with Crippen LogP contribution in [-0.4, -0.2) is 42.9 Å². The molecule has 1 aliphatic heterocycles. The first-order valence-corrected chi connectivity index (χ1v) is 7.24. The van der Waals surface area contributed by atoms with Gasteiger partial charge in [-0.3, -0.25) is 9.69 Å². The summed E-state index contributed by atoms with van der Waals surface area (Å²) in [4.78, 5) is 15.1. The summed E-state index contributed by atoms with van der Waals surface area (Å²) in [6.07, 6.45) is 0. The van der Waals surface area contributed by atoms with Crippen molar-refractivity contribution in [1.82, 2.24) is 10.2 Å². The van der Waals surface area contributed by atoms with E-state index < -0.39 is 0 Å². The number of nitrogens with zero attached hydrogens (tertiary/aromatic N) is 1. The molecule has 0 bridgehead atoms. The predicted molar refractivity (Wildman–Crippen MR) is 82.2 cm³/mol. The highest BCUT2D eigenvalue weighted by atomic mass is 16.1. The number of nitrogens with one attached hydrogen (secondary N) is 1. The van der Waals surface area contributed by atoms with Gasteiger partial charge >= 0.3 is 0 Å². The average molecular weight is 268 g/mol. The molecule has 1 unspecified atom stereocenters. The summed E-state index contributed by atoms with van der Waals surface area (Å²) in [6.45, 7) is 5.84. The van der Waals surface area contributed by atoms with Crippen LogP contribution >= 0.6 is 0 Å². The fourth-order valence-electron chi connectivity index (χ4n) is 2.90. The molecule has 0 radical (unpaired) electrons. The second-order valence-electron chi connectivity index (χ2n) is 5.35. The van der Waals surface area contributed by atoms with Crippen molar-refractivity contribution in [3.63, 3.8) is 0 Å². The number of fused-ring (bicyclic) bond motifs is 1. The summed E-state index contributed by atoms with van der Waals surface area (Å²) >= 11 is 0. The zero-order valence-electron chi connectivity index (χ0n) is 11.8. The molecule has 0 aliphatic carbocycles. The van der Waals surface area contributed by atoms with Crippen LogP contribution in [0.2, 0.25) is 0 Å². The molecule has 3 nitrogen and oxygen atoms in total. The number of benzene rings is 2. The van der Waals surface area contributed by atoms with Crippen molar-refractivity contribution in [3.05, 3.63) is 48.0 Å². The van der Waals surface area contributed by atoms with Crippen molar-refractivity contribution in [2.45, 2.75) is 13.0 Å². The summed E-state index contributed by atoms with van der Waals surface area (Å²) in [5.74, 6) is 0.226. The minimum Gasteiger partial charge on any atom is -0.314 e. The minimum atomic E-state index is -0.0529. The molecule has 0 aromatic heterocycles. The van der Waals surface area contributed by atoms with E-state index in [4.69, 9.17) is 0 Å². The third-order valence-electron chi connectivity index (χ3n) is 4.13. The highest BCUT2D eigenvalue weighted by Gasteiger charge is 2.24. The lowest BCUT2D eigenvalue weighted by molar-refractivity contribution is 0.0822. The summed E-state index contributed by atoms with van der Waals surface area (Å²) < 4.78 is 0. The smallest absolute Gasteiger partial charge is 0.180 e. The molecule has 1 aliphatic rings. The Labute approximate surface area is 119 Å². The topological polar surface area (TPSA) is 32.3 Å². The zero-order valence-corrected chi connectivity index (χ0v) is 11.8. The van der Waals surface area contributed by atoms with E-state index in [2.05, 4.69) is 22.3 Å². The van der Waals surface area contributed by atoms with Gasteiger partial charge in [0.15, 0.2) is 5.78 Å². The number of hydrogen-bond acceptors (Lipinski definition) is 3. The summed E-state index contributed by atoms with van der Waals surface area (Å²) in [6, 6.07) is 14.0. The zero-order chi connectivity index (χ0) is 13.9. The van der Waals surface area contributed by atoms with E-state index in [-0.39, 0.29) is 11.8 Å². The fraction of sp³-hybridized carbons (Fsp3) is 0.353. The first-order chi connectivity index (χ1) is 9.77. The molecule has 20 heavy (non-hydrogen) atoms. The lowest BCUT2D eigenvalue weighted by Gasteiger charge is -2.32. The Morgan fingerprint density at radius 1 is 1.10 bits per heavy atom. The van der Waals surface area contributed by atoms with E-state index in [1.165, 1.54) is 0 Å². The molecule has 104 valence electrons. The molecule has 0 amide bonds. The monoisotopic (exact) mass is 268 g/mol. The molecule has 3 heteroatoms. The Morgan fingerprint density at radius 2 is 1.80 bits per heavy atom. The van der Waals surface area contributed by atoms with Gasteiger partial charge in [0, 0.05) is 31.7 Å². The fourth-order valence-corrected chi connectivity index (χ4v) is 2.90. The molecular weight excluding hydrogens is 248 g/mol. The first kappa shape index (κ1) is 13.3. The molecule has 1 saturated heterocycles. The quantitative estimate of drug-likeness (QED) is 0.867. The standard InChI is InChI=1S/C17H20N2O/c1-13(19-11-9-18-10-12-19)17(20)16-8-4-6-14-5-2-3-7-15(14)16/h2-8,13,18H,9-12H2,1H3. The average Bonchev–Trinajstić information content (AvgIpc) is 2.54. The number of carbonyl (C=O) groups is 1. The van der Waals surface area contributed by atoms with E-state index in [0.29, 0.717) is 0 Å². The van der Waals surface area contributed by atoms with Gasteiger partial charge in [0.2, 0.25) is 0 Å². The minimum absolute atomic E-state index is 0.0529. The van der Waals surface area contributed by atoms with E-state index >= 15 is 0 Å². The van der Waals surface area contributed by atoms with Gasteiger partial charge in [-0.25, -0.2) is 0 Å². The number of ketones is 1. The van der Waals surface area contributed by atoms with Gasteiger partial charge < -0.3 is 5.32 Å². The van der Waals surface area contributed by atoms with Gasteiger partial charge in [-0.15, -0.1) is 0 Å². The molecular formula is C17H20N2O. The molecule has 1 N–H and O–H groups in total. The van der Waals surface area contributed by atoms with Gasteiger partial charge in [0.1, 0.15) is 0 Å². The van der Waals surface area contributed by atoms with E-state index in [1.807, 2.05) is 37.3 Å². The van der Waals surface area contributed by atoms with Crippen molar-refractivity contribution in [1.29, 1.82) is 0 Å². The largest absolute Gasteiger partial charge is 0.314 e. The van der Waals surface area contributed by atoms with Gasteiger partial charge in [0.25, 0.3) is 0 Å². The Balaban J connectivity index is 1.92. The highest BCUT2D eigenvalue weighted by Crippen LogP contribution is 2.21. The second-order valence-corrected chi connectivity index (χ2v) is 5.35. The summed E-state index contributed by atoms with van der Waals surface area (Å²) in [7, 11) is 0. The number of Topliss-reactive ketones (excluding diaryl/α,β-unsaturated/α-hetero) is 1. The van der Waals surface area contributed by atoms with Crippen LogP contribution in [0.4, 0.5) is 0 Å². The molecule has 1 fully saturated rings. The molecule has 1 atom stereocenters. The maximum atomic E-state index is 12.8. The van der Waals surface area contributed by atoms with Gasteiger partial charge in [-0.05, 0) is 17.7 Å². The normalized spacial score (nSPS) is 18.1. The lowest BCUT2D eigenvalue weighted by atomic mass is 9.97. The summed E-state index contributed by atoms with van der Waals surface area (Å²) in [5.41, 5.74) is 0.842. The Morgan fingerprint density at radius 3 is 2.60 bits per heavy atom. The first-order valence-electron chi connectivity index (χ1n) is 7.24. The van der Waals surface area contributed by atoms with E-state index in [0.717, 1.165) is 42.5 Å². The van der Waals surface area contributed by atoms with Crippen LogP contribution in [-0.2, 0) is 0 Å². The van der Waals surface area contributed by atoms with Crippen molar-refractivity contribution in [2.24, 2.45) is 0 Å². The molecule has 2 aromatic carbocycles.